The van der Waals surface area contributed by atoms with Crippen molar-refractivity contribution in [1.82, 2.24) is 0 Å². The number of benzene rings is 1. The van der Waals surface area contributed by atoms with Crippen LogP contribution in [0.4, 0.5) is 18.9 Å². The van der Waals surface area contributed by atoms with Crippen LogP contribution in [0.3, 0.4) is 0 Å². The molecule has 0 aliphatic rings. The summed E-state index contributed by atoms with van der Waals surface area (Å²) in [6, 6.07) is 9.58. The van der Waals surface area contributed by atoms with Crippen molar-refractivity contribution in [2.45, 2.75) is 30.3 Å². The van der Waals surface area contributed by atoms with Gasteiger partial charge in [0, 0.05) is 12.1 Å². The van der Waals surface area contributed by atoms with Crippen molar-refractivity contribution in [1.29, 1.82) is 0 Å². The Labute approximate surface area is 147 Å². The number of carbonyl (C=O) groups is 1. The van der Waals surface area contributed by atoms with E-state index in [1.165, 1.54) is 24.4 Å². The molecule has 4 nitrogen and oxygen atoms in total. The molecule has 1 amide bonds. The minimum atomic E-state index is -4.57. The molecule has 1 atom stereocenters. The van der Waals surface area contributed by atoms with E-state index in [4.69, 9.17) is 0 Å². The number of hydrogen-bond acceptors (Lipinski definition) is 3. The lowest BCUT2D eigenvalue weighted by atomic mass is 10.1. The summed E-state index contributed by atoms with van der Waals surface area (Å²) in [7, 11) is 0. The van der Waals surface area contributed by atoms with Gasteiger partial charge in [0.05, 0.1) is 16.5 Å². The van der Waals surface area contributed by atoms with Gasteiger partial charge in [-0.05, 0) is 35.9 Å². The first-order chi connectivity index (χ1) is 11.7. The standard InChI is InChI=1S/C17H17F3N2O2S/c1-11(2)15(25-14-9-5-6-10-22(14)24)16(23)21-13-8-4-3-7-12(13)17(18,19)20/h3-11,15H,1-2H3,(H,21,23). The average molecular weight is 370 g/mol. The lowest BCUT2D eigenvalue weighted by molar-refractivity contribution is -0.645. The summed E-state index contributed by atoms with van der Waals surface area (Å²) >= 11 is 1.02. The molecule has 0 spiro atoms. The number of aromatic nitrogens is 1. The largest absolute Gasteiger partial charge is 0.618 e. The van der Waals surface area contributed by atoms with E-state index in [9.17, 15) is 23.2 Å². The Morgan fingerprint density at radius 1 is 1.16 bits per heavy atom. The monoisotopic (exact) mass is 370 g/mol. The van der Waals surface area contributed by atoms with Crippen LogP contribution >= 0.6 is 11.8 Å². The molecule has 1 heterocycles. The molecule has 0 aliphatic heterocycles. The number of para-hydroxylation sites is 1. The molecule has 0 saturated carbocycles. The minimum absolute atomic E-state index is 0.191. The molecule has 2 aromatic rings. The number of alkyl halides is 3. The topological polar surface area (TPSA) is 56.0 Å². The predicted octanol–water partition coefficient (Wildman–Crippen LogP) is 4.09. The molecular formula is C17H17F3N2O2S. The lowest BCUT2D eigenvalue weighted by Gasteiger charge is -2.20. The molecule has 8 heteroatoms. The van der Waals surface area contributed by atoms with Crippen LogP contribution in [0, 0.1) is 11.1 Å². The predicted molar refractivity (Wildman–Crippen MR) is 90.0 cm³/mol. The molecule has 0 bridgehead atoms. The highest BCUT2D eigenvalue weighted by Gasteiger charge is 2.35. The van der Waals surface area contributed by atoms with E-state index in [0.717, 1.165) is 17.8 Å². The van der Waals surface area contributed by atoms with Crippen molar-refractivity contribution in [2.75, 3.05) is 5.32 Å². The van der Waals surface area contributed by atoms with Crippen molar-refractivity contribution >= 4 is 23.4 Å². The summed E-state index contributed by atoms with van der Waals surface area (Å²) < 4.78 is 39.8. The molecule has 0 aliphatic carbocycles. The Bertz CT molecular complexity index is 751. The van der Waals surface area contributed by atoms with E-state index < -0.39 is 22.9 Å². The quantitative estimate of drug-likeness (QED) is 0.490. The zero-order valence-electron chi connectivity index (χ0n) is 13.6. The van der Waals surface area contributed by atoms with Gasteiger partial charge in [0.2, 0.25) is 5.91 Å². The number of rotatable bonds is 5. The van der Waals surface area contributed by atoms with Crippen LogP contribution in [0.25, 0.3) is 0 Å². The van der Waals surface area contributed by atoms with Crippen LogP contribution in [0.1, 0.15) is 19.4 Å². The molecule has 1 aromatic carbocycles. The molecule has 0 fully saturated rings. The van der Waals surface area contributed by atoms with Gasteiger partial charge in [-0.25, -0.2) is 0 Å². The summed E-state index contributed by atoms with van der Waals surface area (Å²) in [6.07, 6.45) is -3.27. The van der Waals surface area contributed by atoms with Crippen LogP contribution in [0.15, 0.2) is 53.7 Å². The number of hydrogen-bond donors (Lipinski definition) is 1. The van der Waals surface area contributed by atoms with Gasteiger partial charge < -0.3 is 10.5 Å². The molecular weight excluding hydrogens is 353 g/mol. The molecule has 0 saturated heterocycles. The number of anilines is 1. The average Bonchev–Trinajstić information content (AvgIpc) is 2.53. The van der Waals surface area contributed by atoms with Gasteiger partial charge in [-0.2, -0.15) is 17.9 Å². The smallest absolute Gasteiger partial charge is 0.418 e. The lowest BCUT2D eigenvalue weighted by Crippen LogP contribution is -2.34. The maximum atomic E-state index is 13.1. The van der Waals surface area contributed by atoms with E-state index in [-0.39, 0.29) is 11.6 Å². The van der Waals surface area contributed by atoms with Gasteiger partial charge in [0.15, 0.2) is 6.20 Å². The van der Waals surface area contributed by atoms with Crippen LogP contribution in [-0.4, -0.2) is 11.2 Å². The van der Waals surface area contributed by atoms with Crippen LogP contribution in [-0.2, 0) is 11.0 Å². The van der Waals surface area contributed by atoms with E-state index >= 15 is 0 Å². The molecule has 1 N–H and O–H groups in total. The second-order valence-corrected chi connectivity index (χ2v) is 6.84. The van der Waals surface area contributed by atoms with E-state index in [2.05, 4.69) is 5.32 Å². The Morgan fingerprint density at radius 3 is 2.40 bits per heavy atom. The van der Waals surface area contributed by atoms with Crippen LogP contribution < -0.4 is 10.0 Å². The van der Waals surface area contributed by atoms with Crippen molar-refractivity contribution in [2.24, 2.45) is 5.92 Å². The maximum absolute atomic E-state index is 13.1. The fraction of sp³-hybridized carbons (Fsp3) is 0.294. The van der Waals surface area contributed by atoms with Crippen molar-refractivity contribution in [3.8, 4) is 0 Å². The zero-order chi connectivity index (χ0) is 18.6. The third kappa shape index (κ3) is 4.88. The number of carbonyl (C=O) groups excluding carboxylic acids is 1. The van der Waals surface area contributed by atoms with Gasteiger partial charge in [0.25, 0.3) is 5.03 Å². The van der Waals surface area contributed by atoms with Crippen LogP contribution in [0.5, 0.6) is 0 Å². The fourth-order valence-electron chi connectivity index (χ4n) is 2.17. The Hall–Kier alpha value is -2.22. The minimum Gasteiger partial charge on any atom is -0.618 e. The highest BCUT2D eigenvalue weighted by atomic mass is 32.2. The number of thioether (sulfide) groups is 1. The van der Waals surface area contributed by atoms with Crippen molar-refractivity contribution < 1.29 is 22.7 Å². The number of nitrogens with one attached hydrogen (secondary N) is 1. The highest BCUT2D eigenvalue weighted by Crippen LogP contribution is 2.35. The summed E-state index contributed by atoms with van der Waals surface area (Å²) in [5.41, 5.74) is -1.20. The molecule has 134 valence electrons. The Morgan fingerprint density at radius 2 is 1.80 bits per heavy atom. The SMILES string of the molecule is CC(C)C(Sc1cccc[n+]1[O-])C(=O)Nc1ccccc1C(F)(F)F. The summed E-state index contributed by atoms with van der Waals surface area (Å²) in [6.45, 7) is 3.54. The Kier molecular flexibility index (Phi) is 5.94. The number of pyridine rings is 1. The summed E-state index contributed by atoms with van der Waals surface area (Å²) in [5, 5.41) is 13.7. The number of amides is 1. The number of nitrogens with zero attached hydrogens (tertiary/aromatic N) is 1. The van der Waals surface area contributed by atoms with Gasteiger partial charge in [-0.3, -0.25) is 4.79 Å². The van der Waals surface area contributed by atoms with E-state index in [0.29, 0.717) is 9.76 Å². The highest BCUT2D eigenvalue weighted by molar-refractivity contribution is 8.00. The van der Waals surface area contributed by atoms with Gasteiger partial charge >= 0.3 is 6.18 Å². The normalized spacial score (nSPS) is 12.9. The molecule has 1 aromatic heterocycles. The first-order valence-electron chi connectivity index (χ1n) is 7.52. The van der Waals surface area contributed by atoms with Crippen molar-refractivity contribution in [3.05, 3.63) is 59.4 Å². The van der Waals surface area contributed by atoms with E-state index in [1.54, 1.807) is 32.0 Å². The van der Waals surface area contributed by atoms with Gasteiger partial charge in [0.1, 0.15) is 0 Å². The molecule has 25 heavy (non-hydrogen) atoms. The van der Waals surface area contributed by atoms with Gasteiger partial charge in [-0.15, -0.1) is 0 Å². The van der Waals surface area contributed by atoms with Crippen LogP contribution in [0.2, 0.25) is 0 Å². The number of halogens is 3. The second-order valence-electron chi connectivity index (χ2n) is 5.68. The van der Waals surface area contributed by atoms with E-state index in [1.807, 2.05) is 0 Å². The summed E-state index contributed by atoms with van der Waals surface area (Å²) in [5.74, 6) is -0.774. The molecule has 0 radical (unpaired) electrons. The first-order valence-corrected chi connectivity index (χ1v) is 8.40. The fourth-order valence-corrected chi connectivity index (χ4v) is 3.19. The Balaban J connectivity index is 2.24. The third-order valence-corrected chi connectivity index (χ3v) is 4.96. The molecule has 1 unspecified atom stereocenters. The first kappa shape index (κ1) is 19.1. The zero-order valence-corrected chi connectivity index (χ0v) is 14.4. The molecule has 2 rings (SSSR count). The maximum Gasteiger partial charge on any atom is 0.418 e. The summed E-state index contributed by atoms with van der Waals surface area (Å²) in [4.78, 5) is 12.5. The van der Waals surface area contributed by atoms with Crippen molar-refractivity contribution in [3.63, 3.8) is 0 Å². The third-order valence-electron chi connectivity index (χ3n) is 3.39. The second kappa shape index (κ2) is 7.77. The van der Waals surface area contributed by atoms with Gasteiger partial charge in [-0.1, -0.05) is 26.0 Å².